The van der Waals surface area contributed by atoms with Crippen molar-refractivity contribution in [1.29, 1.82) is 0 Å². The minimum absolute atomic E-state index is 0.151. The van der Waals surface area contributed by atoms with E-state index in [0.29, 0.717) is 13.0 Å². The van der Waals surface area contributed by atoms with Crippen molar-refractivity contribution in [2.24, 2.45) is 4.99 Å². The van der Waals surface area contributed by atoms with E-state index in [-0.39, 0.29) is 5.82 Å². The lowest BCUT2D eigenvalue weighted by Gasteiger charge is -2.11. The van der Waals surface area contributed by atoms with Crippen molar-refractivity contribution in [2.75, 3.05) is 32.8 Å². The maximum absolute atomic E-state index is 13.5. The van der Waals surface area contributed by atoms with Crippen molar-refractivity contribution in [3.05, 3.63) is 35.6 Å². The largest absolute Gasteiger partial charge is 0.382 e. The monoisotopic (exact) mass is 309 g/mol. The molecule has 0 saturated carbocycles. The summed E-state index contributed by atoms with van der Waals surface area (Å²) in [7, 11) is 0. The number of hydrogen-bond acceptors (Lipinski definition) is 2. The minimum Gasteiger partial charge on any atom is -0.382 e. The molecule has 5 heteroatoms. The van der Waals surface area contributed by atoms with Crippen LogP contribution in [0.4, 0.5) is 4.39 Å². The Balaban J connectivity index is 2.29. The number of halogens is 1. The molecule has 0 aromatic heterocycles. The molecular formula is C17H28FN3O. The third-order valence-corrected chi connectivity index (χ3v) is 3.16. The molecule has 0 aliphatic carbocycles. The number of nitrogens with one attached hydrogen (secondary N) is 2. The van der Waals surface area contributed by atoms with E-state index in [1.807, 2.05) is 26.0 Å². The first-order chi connectivity index (χ1) is 10.8. The second-order valence-corrected chi connectivity index (χ2v) is 4.93. The molecule has 0 aliphatic rings. The number of hydrogen-bond donors (Lipinski definition) is 2. The van der Waals surface area contributed by atoms with E-state index in [1.165, 1.54) is 6.07 Å². The Morgan fingerprint density at radius 1 is 1.18 bits per heavy atom. The van der Waals surface area contributed by atoms with Gasteiger partial charge in [0, 0.05) is 32.8 Å². The fourth-order valence-corrected chi connectivity index (χ4v) is 2.01. The highest BCUT2D eigenvalue weighted by molar-refractivity contribution is 5.79. The van der Waals surface area contributed by atoms with Crippen LogP contribution < -0.4 is 10.6 Å². The molecule has 0 bridgehead atoms. The number of aliphatic imine (C=N–C) groups is 1. The van der Waals surface area contributed by atoms with Crippen molar-refractivity contribution in [1.82, 2.24) is 10.6 Å². The molecule has 0 amide bonds. The van der Waals surface area contributed by atoms with Crippen LogP contribution in [0, 0.1) is 5.82 Å². The van der Waals surface area contributed by atoms with Crippen LogP contribution in [0.1, 0.15) is 32.3 Å². The topological polar surface area (TPSA) is 45.7 Å². The molecule has 22 heavy (non-hydrogen) atoms. The van der Waals surface area contributed by atoms with Gasteiger partial charge >= 0.3 is 0 Å². The third-order valence-electron chi connectivity index (χ3n) is 3.16. The summed E-state index contributed by atoms with van der Waals surface area (Å²) in [5.41, 5.74) is 0.725. The number of nitrogens with zero attached hydrogens (tertiary/aromatic N) is 1. The highest BCUT2D eigenvalue weighted by Gasteiger charge is 2.01. The molecule has 0 fully saturated rings. The Bertz CT molecular complexity index is 438. The Morgan fingerprint density at radius 2 is 2.00 bits per heavy atom. The standard InChI is InChI=1S/C17H28FN3O/c1-3-19-17(20-12-7-8-14-22-4-2)21-13-11-15-9-5-6-10-16(15)18/h5-6,9-10H,3-4,7-8,11-14H2,1-2H3,(H2,19,20,21). The van der Waals surface area contributed by atoms with Gasteiger partial charge in [0.2, 0.25) is 0 Å². The molecule has 1 rings (SSSR count). The Morgan fingerprint density at radius 3 is 2.73 bits per heavy atom. The second-order valence-electron chi connectivity index (χ2n) is 4.93. The smallest absolute Gasteiger partial charge is 0.191 e. The Hall–Kier alpha value is -1.62. The van der Waals surface area contributed by atoms with Crippen LogP contribution in [0.5, 0.6) is 0 Å². The van der Waals surface area contributed by atoms with Crippen molar-refractivity contribution in [2.45, 2.75) is 33.1 Å². The molecule has 0 saturated heterocycles. The van der Waals surface area contributed by atoms with Crippen LogP contribution in [0.25, 0.3) is 0 Å². The molecule has 0 radical (unpaired) electrons. The predicted molar refractivity (Wildman–Crippen MR) is 89.8 cm³/mol. The first-order valence-electron chi connectivity index (χ1n) is 8.11. The summed E-state index contributed by atoms with van der Waals surface area (Å²) < 4.78 is 18.8. The molecule has 0 aliphatic heterocycles. The molecule has 4 nitrogen and oxygen atoms in total. The number of benzene rings is 1. The number of ether oxygens (including phenoxy) is 1. The zero-order chi connectivity index (χ0) is 16.0. The molecule has 1 aromatic rings. The number of unbranched alkanes of at least 4 members (excludes halogenated alkanes) is 1. The van der Waals surface area contributed by atoms with E-state index in [9.17, 15) is 4.39 Å². The summed E-state index contributed by atoms with van der Waals surface area (Å²) in [5.74, 6) is 0.636. The molecule has 0 unspecified atom stereocenters. The number of rotatable bonds is 10. The summed E-state index contributed by atoms with van der Waals surface area (Å²) in [4.78, 5) is 4.51. The molecule has 0 heterocycles. The van der Waals surface area contributed by atoms with E-state index in [2.05, 4.69) is 15.6 Å². The van der Waals surface area contributed by atoms with Crippen LogP contribution in [0.2, 0.25) is 0 Å². The zero-order valence-corrected chi connectivity index (χ0v) is 13.7. The molecule has 124 valence electrons. The first kappa shape index (κ1) is 18.4. The number of guanidine groups is 1. The molecule has 2 N–H and O–H groups in total. The molecule has 0 atom stereocenters. The lowest BCUT2D eigenvalue weighted by atomic mass is 10.1. The minimum atomic E-state index is -0.151. The van der Waals surface area contributed by atoms with E-state index < -0.39 is 0 Å². The van der Waals surface area contributed by atoms with Gasteiger partial charge in [-0.2, -0.15) is 0 Å². The van der Waals surface area contributed by atoms with Gasteiger partial charge < -0.3 is 15.4 Å². The first-order valence-corrected chi connectivity index (χ1v) is 8.11. The molecule has 0 spiro atoms. The van der Waals surface area contributed by atoms with Gasteiger partial charge in [-0.25, -0.2) is 4.39 Å². The van der Waals surface area contributed by atoms with E-state index in [1.54, 1.807) is 6.07 Å². The lowest BCUT2D eigenvalue weighted by molar-refractivity contribution is 0.144. The zero-order valence-electron chi connectivity index (χ0n) is 13.7. The molecular weight excluding hydrogens is 281 g/mol. The Labute approximate surface area is 133 Å². The molecule has 1 aromatic carbocycles. The maximum atomic E-state index is 13.5. The average molecular weight is 309 g/mol. The van der Waals surface area contributed by atoms with Gasteiger partial charge in [-0.1, -0.05) is 18.2 Å². The second kappa shape index (κ2) is 12.0. The predicted octanol–water partition coefficient (Wildman–Crippen LogP) is 2.74. The normalized spacial score (nSPS) is 11.5. The maximum Gasteiger partial charge on any atom is 0.191 e. The van der Waals surface area contributed by atoms with Gasteiger partial charge in [0.05, 0.1) is 0 Å². The summed E-state index contributed by atoms with van der Waals surface area (Å²) in [5, 5.41) is 6.44. The van der Waals surface area contributed by atoms with Gasteiger partial charge in [-0.3, -0.25) is 4.99 Å². The summed E-state index contributed by atoms with van der Waals surface area (Å²) >= 11 is 0. The van der Waals surface area contributed by atoms with Crippen LogP contribution in [-0.4, -0.2) is 38.8 Å². The highest BCUT2D eigenvalue weighted by atomic mass is 19.1. The van der Waals surface area contributed by atoms with Gasteiger partial charge in [0.1, 0.15) is 5.82 Å². The lowest BCUT2D eigenvalue weighted by Crippen LogP contribution is -2.38. The SMILES string of the molecule is CCNC(=NCCCCOCC)NCCc1ccccc1F. The van der Waals surface area contributed by atoms with Crippen LogP contribution in [-0.2, 0) is 11.2 Å². The van der Waals surface area contributed by atoms with Crippen molar-refractivity contribution >= 4 is 5.96 Å². The highest BCUT2D eigenvalue weighted by Crippen LogP contribution is 2.06. The summed E-state index contributed by atoms with van der Waals surface area (Å²) in [6.45, 7) is 7.83. The third kappa shape index (κ3) is 7.98. The van der Waals surface area contributed by atoms with Gasteiger partial charge in [0.25, 0.3) is 0 Å². The average Bonchev–Trinajstić information content (AvgIpc) is 2.52. The van der Waals surface area contributed by atoms with Gasteiger partial charge in [-0.05, 0) is 44.7 Å². The summed E-state index contributed by atoms with van der Waals surface area (Å²) in [6.07, 6.45) is 2.66. The van der Waals surface area contributed by atoms with E-state index >= 15 is 0 Å². The van der Waals surface area contributed by atoms with E-state index in [4.69, 9.17) is 4.74 Å². The van der Waals surface area contributed by atoms with Crippen molar-refractivity contribution in [3.63, 3.8) is 0 Å². The Kier molecular flexibility index (Phi) is 10.0. The van der Waals surface area contributed by atoms with Crippen LogP contribution in [0.15, 0.2) is 29.3 Å². The van der Waals surface area contributed by atoms with Gasteiger partial charge in [0.15, 0.2) is 5.96 Å². The van der Waals surface area contributed by atoms with Crippen LogP contribution in [0.3, 0.4) is 0 Å². The van der Waals surface area contributed by atoms with Crippen LogP contribution >= 0.6 is 0 Å². The van der Waals surface area contributed by atoms with Crippen molar-refractivity contribution in [3.8, 4) is 0 Å². The fraction of sp³-hybridized carbons (Fsp3) is 0.588. The van der Waals surface area contributed by atoms with Gasteiger partial charge in [-0.15, -0.1) is 0 Å². The van der Waals surface area contributed by atoms with E-state index in [0.717, 1.165) is 50.7 Å². The fourth-order valence-electron chi connectivity index (χ4n) is 2.01. The summed E-state index contributed by atoms with van der Waals surface area (Å²) in [6, 6.07) is 6.87. The van der Waals surface area contributed by atoms with Crippen molar-refractivity contribution < 1.29 is 9.13 Å². The quantitative estimate of drug-likeness (QED) is 0.397.